The number of hydrogen-bond acceptors (Lipinski definition) is 4. The molecule has 0 spiro atoms. The zero-order valence-corrected chi connectivity index (χ0v) is 11.3. The Hall–Kier alpha value is -2.21. The second-order valence-electron chi connectivity index (χ2n) is 4.76. The number of fused-ring (bicyclic) bond motifs is 1. The lowest BCUT2D eigenvalue weighted by molar-refractivity contribution is 0.176. The van der Waals surface area contributed by atoms with Crippen molar-refractivity contribution in [2.45, 2.75) is 32.4 Å². The third kappa shape index (κ3) is 2.30. The highest BCUT2D eigenvalue weighted by Gasteiger charge is 2.16. The van der Waals surface area contributed by atoms with E-state index >= 15 is 0 Å². The summed E-state index contributed by atoms with van der Waals surface area (Å²) in [6.07, 6.45) is 11.4. The SMILES string of the molecule is CCCn1ccnc1CC(O)c1cnn2ccncc12. The lowest BCUT2D eigenvalue weighted by Gasteiger charge is -2.11. The number of aliphatic hydroxyl groups is 1. The average molecular weight is 271 g/mol. The molecule has 3 aromatic rings. The van der Waals surface area contributed by atoms with Crippen molar-refractivity contribution in [1.82, 2.24) is 24.1 Å². The van der Waals surface area contributed by atoms with Gasteiger partial charge in [0.2, 0.25) is 0 Å². The summed E-state index contributed by atoms with van der Waals surface area (Å²) in [4.78, 5) is 8.40. The highest BCUT2D eigenvalue weighted by atomic mass is 16.3. The van der Waals surface area contributed by atoms with Crippen LogP contribution in [-0.2, 0) is 13.0 Å². The Kier molecular flexibility index (Phi) is 3.47. The van der Waals surface area contributed by atoms with E-state index in [0.29, 0.717) is 6.42 Å². The van der Waals surface area contributed by atoms with Gasteiger partial charge in [-0.15, -0.1) is 0 Å². The molecule has 6 heteroatoms. The molecule has 0 fully saturated rings. The fourth-order valence-electron chi connectivity index (χ4n) is 2.37. The first-order chi connectivity index (χ1) is 9.79. The summed E-state index contributed by atoms with van der Waals surface area (Å²) in [6.45, 7) is 3.04. The van der Waals surface area contributed by atoms with Crippen molar-refractivity contribution in [3.8, 4) is 0 Å². The van der Waals surface area contributed by atoms with Crippen LogP contribution >= 0.6 is 0 Å². The molecule has 1 N–H and O–H groups in total. The zero-order chi connectivity index (χ0) is 13.9. The van der Waals surface area contributed by atoms with Gasteiger partial charge in [-0.2, -0.15) is 5.10 Å². The summed E-state index contributed by atoms with van der Waals surface area (Å²) >= 11 is 0. The Balaban J connectivity index is 1.85. The number of nitrogens with zero attached hydrogens (tertiary/aromatic N) is 5. The van der Waals surface area contributed by atoms with E-state index in [-0.39, 0.29) is 0 Å². The van der Waals surface area contributed by atoms with Crippen molar-refractivity contribution in [1.29, 1.82) is 0 Å². The smallest absolute Gasteiger partial charge is 0.111 e. The van der Waals surface area contributed by atoms with Gasteiger partial charge in [-0.25, -0.2) is 9.50 Å². The summed E-state index contributed by atoms with van der Waals surface area (Å²) in [5.41, 5.74) is 1.61. The number of aromatic nitrogens is 5. The number of aryl methyl sites for hydroxylation is 1. The van der Waals surface area contributed by atoms with Crippen LogP contribution < -0.4 is 0 Å². The molecule has 0 aliphatic heterocycles. The normalized spacial score (nSPS) is 12.9. The van der Waals surface area contributed by atoms with Crippen LogP contribution in [0.3, 0.4) is 0 Å². The maximum atomic E-state index is 10.4. The molecule has 1 atom stereocenters. The summed E-state index contributed by atoms with van der Waals surface area (Å²) in [5.74, 6) is 0.891. The maximum absolute atomic E-state index is 10.4. The Morgan fingerprint density at radius 2 is 2.15 bits per heavy atom. The minimum Gasteiger partial charge on any atom is -0.388 e. The fourth-order valence-corrected chi connectivity index (χ4v) is 2.37. The van der Waals surface area contributed by atoms with E-state index in [9.17, 15) is 5.11 Å². The highest BCUT2D eigenvalue weighted by molar-refractivity contribution is 5.52. The van der Waals surface area contributed by atoms with Crippen LogP contribution in [0.15, 0.2) is 37.2 Å². The molecule has 3 aromatic heterocycles. The van der Waals surface area contributed by atoms with Gasteiger partial charge in [0.1, 0.15) is 5.82 Å². The average Bonchev–Trinajstić information content (AvgIpc) is 3.06. The predicted molar refractivity (Wildman–Crippen MR) is 74.2 cm³/mol. The first-order valence-electron chi connectivity index (χ1n) is 6.75. The van der Waals surface area contributed by atoms with Crippen molar-refractivity contribution >= 4 is 5.52 Å². The van der Waals surface area contributed by atoms with Gasteiger partial charge in [0.25, 0.3) is 0 Å². The molecule has 20 heavy (non-hydrogen) atoms. The standard InChI is InChI=1S/C14H17N5O/c1-2-5-18-6-4-16-14(18)8-13(20)11-9-17-19-7-3-15-10-12(11)19/h3-4,6-7,9-10,13,20H,2,5,8H2,1H3. The van der Waals surface area contributed by atoms with Crippen LogP contribution in [-0.4, -0.2) is 29.3 Å². The molecule has 0 bridgehead atoms. The second kappa shape index (κ2) is 5.42. The summed E-state index contributed by atoms with van der Waals surface area (Å²) < 4.78 is 3.79. The van der Waals surface area contributed by atoms with Gasteiger partial charge in [-0.3, -0.25) is 4.98 Å². The Labute approximate surface area is 116 Å². The molecule has 0 saturated heterocycles. The molecule has 0 aliphatic rings. The van der Waals surface area contributed by atoms with Crippen LogP contribution in [0.5, 0.6) is 0 Å². The van der Waals surface area contributed by atoms with Gasteiger partial charge < -0.3 is 9.67 Å². The van der Waals surface area contributed by atoms with E-state index in [4.69, 9.17) is 0 Å². The van der Waals surface area contributed by atoms with Gasteiger partial charge >= 0.3 is 0 Å². The van der Waals surface area contributed by atoms with E-state index in [0.717, 1.165) is 29.9 Å². The van der Waals surface area contributed by atoms with Gasteiger partial charge in [-0.1, -0.05) is 6.92 Å². The van der Waals surface area contributed by atoms with Crippen molar-refractivity contribution in [2.24, 2.45) is 0 Å². The van der Waals surface area contributed by atoms with Gasteiger partial charge in [0.05, 0.1) is 24.0 Å². The van der Waals surface area contributed by atoms with Crippen LogP contribution in [0.4, 0.5) is 0 Å². The topological polar surface area (TPSA) is 68.2 Å². The first-order valence-corrected chi connectivity index (χ1v) is 6.75. The molecule has 1 unspecified atom stereocenters. The molecule has 0 aromatic carbocycles. The summed E-state index contributed by atoms with van der Waals surface area (Å²) in [5, 5.41) is 14.7. The van der Waals surface area contributed by atoms with E-state index < -0.39 is 6.10 Å². The van der Waals surface area contributed by atoms with Crippen molar-refractivity contribution < 1.29 is 5.11 Å². The Bertz CT molecular complexity index is 702. The maximum Gasteiger partial charge on any atom is 0.111 e. The van der Waals surface area contributed by atoms with Gasteiger partial charge in [0.15, 0.2) is 0 Å². The van der Waals surface area contributed by atoms with Crippen LogP contribution in [0.25, 0.3) is 5.52 Å². The van der Waals surface area contributed by atoms with Crippen LogP contribution in [0.1, 0.15) is 30.8 Å². The molecular formula is C14H17N5O. The Morgan fingerprint density at radius 1 is 1.25 bits per heavy atom. The molecule has 6 nitrogen and oxygen atoms in total. The third-order valence-electron chi connectivity index (χ3n) is 3.36. The highest BCUT2D eigenvalue weighted by Crippen LogP contribution is 2.21. The molecule has 0 amide bonds. The number of imidazole rings is 1. The monoisotopic (exact) mass is 271 g/mol. The molecule has 0 radical (unpaired) electrons. The third-order valence-corrected chi connectivity index (χ3v) is 3.36. The molecule has 0 saturated carbocycles. The minimum atomic E-state index is -0.630. The number of aliphatic hydroxyl groups excluding tert-OH is 1. The van der Waals surface area contributed by atoms with Crippen LogP contribution in [0, 0.1) is 0 Å². The van der Waals surface area contributed by atoms with Crippen molar-refractivity contribution in [2.75, 3.05) is 0 Å². The quantitative estimate of drug-likeness (QED) is 0.765. The van der Waals surface area contributed by atoms with Gasteiger partial charge in [0, 0.05) is 43.3 Å². The molecule has 3 rings (SSSR count). The summed E-state index contributed by atoms with van der Waals surface area (Å²) in [6, 6.07) is 0. The lowest BCUT2D eigenvalue weighted by atomic mass is 10.1. The summed E-state index contributed by atoms with van der Waals surface area (Å²) in [7, 11) is 0. The predicted octanol–water partition coefficient (Wildman–Crippen LogP) is 1.61. The van der Waals surface area contributed by atoms with E-state index in [1.807, 2.05) is 6.20 Å². The van der Waals surface area contributed by atoms with Gasteiger partial charge in [-0.05, 0) is 6.42 Å². The minimum absolute atomic E-state index is 0.475. The molecular weight excluding hydrogens is 254 g/mol. The lowest BCUT2D eigenvalue weighted by Crippen LogP contribution is -2.09. The first kappa shape index (κ1) is 12.8. The largest absolute Gasteiger partial charge is 0.388 e. The van der Waals surface area contributed by atoms with E-state index in [1.54, 1.807) is 35.5 Å². The Morgan fingerprint density at radius 3 is 3.00 bits per heavy atom. The second-order valence-corrected chi connectivity index (χ2v) is 4.76. The number of rotatable bonds is 5. The van der Waals surface area contributed by atoms with E-state index in [1.165, 1.54) is 0 Å². The van der Waals surface area contributed by atoms with E-state index in [2.05, 4.69) is 26.6 Å². The van der Waals surface area contributed by atoms with Crippen molar-refractivity contribution in [3.05, 3.63) is 48.6 Å². The number of hydrogen-bond donors (Lipinski definition) is 1. The van der Waals surface area contributed by atoms with Crippen LogP contribution in [0.2, 0.25) is 0 Å². The van der Waals surface area contributed by atoms with Crippen molar-refractivity contribution in [3.63, 3.8) is 0 Å². The molecule has 3 heterocycles. The molecule has 104 valence electrons. The zero-order valence-electron chi connectivity index (χ0n) is 11.3. The fraction of sp³-hybridized carbons (Fsp3) is 0.357. The molecule has 0 aliphatic carbocycles.